The van der Waals surface area contributed by atoms with Crippen molar-refractivity contribution in [3.63, 3.8) is 0 Å². The zero-order valence-electron chi connectivity index (χ0n) is 24.2. The lowest BCUT2D eigenvalue weighted by atomic mass is 10.0. The molecule has 0 unspecified atom stereocenters. The van der Waals surface area contributed by atoms with Crippen molar-refractivity contribution in [3.8, 4) is 0 Å². The van der Waals surface area contributed by atoms with Crippen molar-refractivity contribution in [2.24, 2.45) is 7.05 Å². The fraction of sp³-hybridized carbons (Fsp3) is 0.226. The molecule has 0 spiro atoms. The number of benzene rings is 3. The van der Waals surface area contributed by atoms with E-state index in [2.05, 4.69) is 30.9 Å². The average Bonchev–Trinajstić information content (AvgIpc) is 3.22. The van der Waals surface area contributed by atoms with Crippen LogP contribution < -0.4 is 16.0 Å². The quantitative estimate of drug-likeness (QED) is 0.207. The number of nitrogens with zero attached hydrogens (tertiary/aromatic N) is 4. The van der Waals surface area contributed by atoms with Crippen LogP contribution in [0.2, 0.25) is 0 Å². The number of carbonyl (C=O) groups excluding carboxylic acids is 1. The van der Waals surface area contributed by atoms with Gasteiger partial charge >= 0.3 is 0 Å². The van der Waals surface area contributed by atoms with Crippen molar-refractivity contribution in [2.45, 2.75) is 32.9 Å². The van der Waals surface area contributed by atoms with E-state index in [-0.39, 0.29) is 18.1 Å². The Morgan fingerprint density at radius 1 is 0.881 bits per heavy atom. The molecule has 11 heteroatoms. The van der Waals surface area contributed by atoms with Gasteiger partial charge < -0.3 is 15.2 Å². The second-order valence-corrected chi connectivity index (χ2v) is 12.7. The number of nitrogens with one attached hydrogen (secondary N) is 3. The highest BCUT2D eigenvalue weighted by Gasteiger charge is 2.14. The Labute approximate surface area is 245 Å². The zero-order chi connectivity index (χ0) is 30.0. The molecular weight excluding hydrogens is 550 g/mol. The molecule has 42 heavy (non-hydrogen) atoms. The Hall–Kier alpha value is -4.77. The topological polar surface area (TPSA) is 131 Å². The third kappa shape index (κ3) is 6.92. The van der Waals surface area contributed by atoms with Gasteiger partial charge in [-0.1, -0.05) is 35.9 Å². The van der Waals surface area contributed by atoms with E-state index in [4.69, 9.17) is 0 Å². The van der Waals surface area contributed by atoms with E-state index in [1.165, 1.54) is 6.26 Å². The van der Waals surface area contributed by atoms with Gasteiger partial charge in [0.15, 0.2) is 9.84 Å². The molecule has 216 valence electrons. The Morgan fingerprint density at radius 3 is 2.36 bits per heavy atom. The minimum Gasteiger partial charge on any atom is -0.340 e. The highest BCUT2D eigenvalue weighted by atomic mass is 32.2. The smallest absolute Gasteiger partial charge is 0.231 e. The first kappa shape index (κ1) is 28.7. The number of amides is 1. The van der Waals surface area contributed by atoms with E-state index in [0.29, 0.717) is 23.3 Å². The predicted molar refractivity (Wildman–Crippen MR) is 167 cm³/mol. The number of aryl methyl sites for hydroxylation is 4. The van der Waals surface area contributed by atoms with E-state index in [1.54, 1.807) is 30.5 Å². The van der Waals surface area contributed by atoms with E-state index in [9.17, 15) is 13.2 Å². The number of rotatable bonds is 9. The number of carbonyl (C=O) groups is 1. The summed E-state index contributed by atoms with van der Waals surface area (Å²) < 4.78 is 25.0. The summed E-state index contributed by atoms with van der Waals surface area (Å²) in [7, 11) is -1.23. The van der Waals surface area contributed by atoms with Gasteiger partial charge in [-0.2, -0.15) is 4.98 Å². The molecule has 0 aliphatic rings. The summed E-state index contributed by atoms with van der Waals surface area (Å²) in [6, 6.07) is 19.0. The monoisotopic (exact) mass is 583 g/mol. The molecule has 10 nitrogen and oxygen atoms in total. The van der Waals surface area contributed by atoms with Crippen molar-refractivity contribution in [3.05, 3.63) is 94.7 Å². The fourth-order valence-electron chi connectivity index (χ4n) is 4.60. The molecule has 3 N–H and O–H groups in total. The third-order valence-electron chi connectivity index (χ3n) is 6.86. The van der Waals surface area contributed by atoms with E-state index < -0.39 is 9.84 Å². The first-order chi connectivity index (χ1) is 19.9. The summed E-state index contributed by atoms with van der Waals surface area (Å²) >= 11 is 0. The number of sulfone groups is 1. The molecule has 0 saturated carbocycles. The fourth-order valence-corrected chi connectivity index (χ4v) is 5.40. The number of imidazole rings is 1. The second kappa shape index (κ2) is 11.6. The number of aromatic nitrogens is 4. The summed E-state index contributed by atoms with van der Waals surface area (Å²) in [6.07, 6.45) is 3.21. The lowest BCUT2D eigenvalue weighted by molar-refractivity contribution is -0.115. The first-order valence-electron chi connectivity index (χ1n) is 13.4. The zero-order valence-corrected chi connectivity index (χ0v) is 25.0. The maximum atomic E-state index is 12.8. The Balaban J connectivity index is 1.30. The Bertz CT molecular complexity index is 1900. The number of fused-ring (bicyclic) bond motifs is 1. The van der Waals surface area contributed by atoms with Gasteiger partial charge in [0.25, 0.3) is 0 Å². The Kier molecular flexibility index (Phi) is 7.95. The minimum atomic E-state index is -3.10. The van der Waals surface area contributed by atoms with Crippen LogP contribution in [0.4, 0.5) is 29.1 Å². The molecule has 0 aliphatic heterocycles. The largest absolute Gasteiger partial charge is 0.340 e. The molecule has 0 atom stereocenters. The van der Waals surface area contributed by atoms with Crippen LogP contribution in [0.15, 0.2) is 66.9 Å². The van der Waals surface area contributed by atoms with Gasteiger partial charge in [-0.15, -0.1) is 0 Å². The minimum absolute atomic E-state index is 0.00996. The molecule has 0 bridgehead atoms. The first-order valence-corrected chi connectivity index (χ1v) is 15.5. The molecule has 0 aliphatic carbocycles. The number of anilines is 5. The normalized spacial score (nSPS) is 11.5. The van der Waals surface area contributed by atoms with Crippen LogP contribution in [-0.4, -0.2) is 40.1 Å². The van der Waals surface area contributed by atoms with Gasteiger partial charge in [0, 0.05) is 36.4 Å². The molecule has 1 amide bonds. The molecule has 5 aromatic rings. The molecule has 0 radical (unpaired) electrons. The van der Waals surface area contributed by atoms with Gasteiger partial charge in [0.05, 0.1) is 23.2 Å². The molecular formula is C31H33N7O3S. The van der Waals surface area contributed by atoms with Crippen LogP contribution in [0.1, 0.15) is 27.8 Å². The van der Waals surface area contributed by atoms with Crippen molar-refractivity contribution >= 4 is 55.9 Å². The maximum absolute atomic E-state index is 12.8. The van der Waals surface area contributed by atoms with Crippen molar-refractivity contribution in [2.75, 3.05) is 22.2 Å². The summed E-state index contributed by atoms with van der Waals surface area (Å²) in [5.74, 6) is 1.36. The van der Waals surface area contributed by atoms with Gasteiger partial charge in [-0.3, -0.25) is 10.1 Å². The average molecular weight is 584 g/mol. The van der Waals surface area contributed by atoms with Crippen LogP contribution in [0.25, 0.3) is 11.0 Å². The van der Waals surface area contributed by atoms with Gasteiger partial charge in [0.1, 0.15) is 5.82 Å². The van der Waals surface area contributed by atoms with Crippen LogP contribution in [0.5, 0.6) is 0 Å². The predicted octanol–water partition coefficient (Wildman–Crippen LogP) is 5.50. The van der Waals surface area contributed by atoms with Crippen molar-refractivity contribution < 1.29 is 13.2 Å². The van der Waals surface area contributed by atoms with Crippen LogP contribution in [0, 0.1) is 20.8 Å². The standard InChI is InChI=1S/C31H33N7O3S/c1-19-6-7-20(2)23(14-19)15-28(39)36-31-35-26-16-25(12-13-27(26)38(31)4)33-29-21(3)17-32-30(37-29)34-24-10-8-22(9-11-24)18-42(5,40)41/h6-14,16-17H,15,18H2,1-5H3,(H,35,36,39)(H2,32,33,34,37). The number of hydrogen-bond acceptors (Lipinski definition) is 8. The summed E-state index contributed by atoms with van der Waals surface area (Å²) in [6.45, 7) is 5.93. The van der Waals surface area contributed by atoms with Crippen LogP contribution in [-0.2, 0) is 33.9 Å². The van der Waals surface area contributed by atoms with Crippen molar-refractivity contribution in [1.29, 1.82) is 0 Å². The van der Waals surface area contributed by atoms with E-state index in [1.807, 2.05) is 68.8 Å². The highest BCUT2D eigenvalue weighted by molar-refractivity contribution is 7.89. The summed E-state index contributed by atoms with van der Waals surface area (Å²) in [4.78, 5) is 26.5. The summed E-state index contributed by atoms with van der Waals surface area (Å²) in [5, 5.41) is 9.46. The van der Waals surface area contributed by atoms with Gasteiger partial charge in [-0.25, -0.2) is 18.4 Å². The molecule has 2 heterocycles. The molecule has 5 rings (SSSR count). The maximum Gasteiger partial charge on any atom is 0.231 e. The highest BCUT2D eigenvalue weighted by Crippen LogP contribution is 2.26. The summed E-state index contributed by atoms with van der Waals surface area (Å²) in [5.41, 5.74) is 7.89. The van der Waals surface area contributed by atoms with Crippen LogP contribution >= 0.6 is 0 Å². The number of hydrogen-bond donors (Lipinski definition) is 3. The second-order valence-electron chi connectivity index (χ2n) is 10.6. The van der Waals surface area contributed by atoms with Crippen molar-refractivity contribution in [1.82, 2.24) is 19.5 Å². The lowest BCUT2D eigenvalue weighted by Crippen LogP contribution is -2.17. The molecule has 2 aromatic heterocycles. The van der Waals surface area contributed by atoms with Gasteiger partial charge in [0.2, 0.25) is 17.8 Å². The van der Waals surface area contributed by atoms with Gasteiger partial charge in [-0.05, 0) is 67.8 Å². The Morgan fingerprint density at radius 2 is 1.62 bits per heavy atom. The van der Waals surface area contributed by atoms with E-state index >= 15 is 0 Å². The molecule has 3 aromatic carbocycles. The third-order valence-corrected chi connectivity index (χ3v) is 7.72. The molecule has 0 saturated heterocycles. The SMILES string of the molecule is Cc1ccc(C)c(CC(=O)Nc2nc3cc(Nc4nc(Nc5ccc(CS(C)(=O)=O)cc5)ncc4C)ccc3n2C)c1. The lowest BCUT2D eigenvalue weighted by Gasteiger charge is -2.11. The molecule has 0 fully saturated rings. The van der Waals surface area contributed by atoms with E-state index in [0.717, 1.165) is 44.7 Å². The van der Waals surface area contributed by atoms with Crippen LogP contribution in [0.3, 0.4) is 0 Å².